The molecule has 0 unspecified atom stereocenters. The molecule has 104 valence electrons. The summed E-state index contributed by atoms with van der Waals surface area (Å²) in [6.07, 6.45) is 2.24. The minimum atomic E-state index is 0.516. The zero-order valence-electron chi connectivity index (χ0n) is 11.6. The van der Waals surface area contributed by atoms with Crippen molar-refractivity contribution in [1.82, 2.24) is 9.55 Å². The molecule has 0 spiro atoms. The van der Waals surface area contributed by atoms with Gasteiger partial charge in [0, 0.05) is 19.2 Å². The molecular weight excluding hydrogens is 242 g/mol. The Kier molecular flexibility index (Phi) is 4.63. The van der Waals surface area contributed by atoms with Crippen LogP contribution < -0.4 is 10.5 Å². The van der Waals surface area contributed by atoms with Crippen LogP contribution in [0.1, 0.15) is 19.8 Å². The third-order valence-corrected chi connectivity index (χ3v) is 3.09. The molecule has 0 aliphatic rings. The van der Waals surface area contributed by atoms with Crippen LogP contribution in [0.5, 0.6) is 5.75 Å². The van der Waals surface area contributed by atoms with Crippen molar-refractivity contribution in [1.29, 1.82) is 0 Å². The van der Waals surface area contributed by atoms with Crippen molar-refractivity contribution in [2.24, 2.45) is 0 Å². The lowest BCUT2D eigenvalue weighted by Crippen LogP contribution is -2.09. The average molecular weight is 263 g/mol. The number of nitrogens with zero attached hydrogens (tertiary/aromatic N) is 2. The van der Waals surface area contributed by atoms with E-state index in [0.717, 1.165) is 42.8 Å². The van der Waals surface area contributed by atoms with Crippen LogP contribution in [0.25, 0.3) is 11.0 Å². The minimum absolute atomic E-state index is 0.516. The van der Waals surface area contributed by atoms with Gasteiger partial charge in [-0.25, -0.2) is 4.98 Å². The first-order valence-corrected chi connectivity index (χ1v) is 6.63. The topological polar surface area (TPSA) is 62.3 Å². The number of nitrogen functional groups attached to an aromatic ring is 1. The Morgan fingerprint density at radius 1 is 1.32 bits per heavy atom. The molecule has 0 fully saturated rings. The van der Waals surface area contributed by atoms with Gasteiger partial charge in [-0.05, 0) is 18.6 Å². The van der Waals surface area contributed by atoms with Crippen molar-refractivity contribution in [2.45, 2.75) is 26.3 Å². The molecule has 0 aliphatic carbocycles. The number of aromatic nitrogens is 2. The van der Waals surface area contributed by atoms with Crippen molar-refractivity contribution < 1.29 is 9.47 Å². The predicted octanol–water partition coefficient (Wildman–Crippen LogP) is 2.44. The summed E-state index contributed by atoms with van der Waals surface area (Å²) in [7, 11) is 1.64. The quantitative estimate of drug-likeness (QED) is 0.779. The molecule has 0 radical (unpaired) electrons. The number of imidazole rings is 1. The van der Waals surface area contributed by atoms with E-state index in [0.29, 0.717) is 12.6 Å². The maximum absolute atomic E-state index is 5.94. The van der Waals surface area contributed by atoms with Gasteiger partial charge in [0.15, 0.2) is 0 Å². The number of hydrogen-bond donors (Lipinski definition) is 1. The largest absolute Gasteiger partial charge is 0.497 e. The molecule has 0 bridgehead atoms. The lowest BCUT2D eigenvalue weighted by molar-refractivity contribution is 0.124. The minimum Gasteiger partial charge on any atom is -0.497 e. The Morgan fingerprint density at radius 3 is 2.89 bits per heavy atom. The summed E-state index contributed by atoms with van der Waals surface area (Å²) in [4.78, 5) is 4.34. The highest BCUT2D eigenvalue weighted by Gasteiger charge is 2.08. The number of hydrogen-bond acceptors (Lipinski definition) is 4. The van der Waals surface area contributed by atoms with Gasteiger partial charge in [0.2, 0.25) is 5.95 Å². The summed E-state index contributed by atoms with van der Waals surface area (Å²) in [5.74, 6) is 1.30. The summed E-state index contributed by atoms with van der Waals surface area (Å²) < 4.78 is 12.7. The lowest BCUT2D eigenvalue weighted by Gasteiger charge is -2.07. The summed E-state index contributed by atoms with van der Waals surface area (Å²) in [6, 6.07) is 5.78. The number of rotatable bonds is 7. The average Bonchev–Trinajstić information content (AvgIpc) is 2.73. The van der Waals surface area contributed by atoms with E-state index >= 15 is 0 Å². The van der Waals surface area contributed by atoms with Gasteiger partial charge in [0.1, 0.15) is 5.75 Å². The predicted molar refractivity (Wildman–Crippen MR) is 76.4 cm³/mol. The molecule has 0 saturated carbocycles. The highest BCUT2D eigenvalue weighted by molar-refractivity contribution is 5.79. The number of fused-ring (bicyclic) bond motifs is 1. The van der Waals surface area contributed by atoms with Crippen molar-refractivity contribution in [3.63, 3.8) is 0 Å². The van der Waals surface area contributed by atoms with Gasteiger partial charge in [-0.3, -0.25) is 0 Å². The second-order valence-electron chi connectivity index (χ2n) is 4.44. The molecule has 1 aromatic heterocycles. The Morgan fingerprint density at radius 2 is 2.16 bits per heavy atom. The maximum Gasteiger partial charge on any atom is 0.201 e. The van der Waals surface area contributed by atoms with Crippen LogP contribution in [0.2, 0.25) is 0 Å². The Labute approximate surface area is 113 Å². The van der Waals surface area contributed by atoms with Crippen LogP contribution >= 0.6 is 0 Å². The number of ether oxygens (including phenoxy) is 2. The Balaban J connectivity index is 2.07. The molecule has 2 N–H and O–H groups in total. The first kappa shape index (κ1) is 13.7. The molecule has 5 nitrogen and oxygen atoms in total. The van der Waals surface area contributed by atoms with E-state index in [-0.39, 0.29) is 0 Å². The molecule has 0 aliphatic heterocycles. The summed E-state index contributed by atoms with van der Waals surface area (Å²) in [5.41, 5.74) is 7.80. The molecule has 5 heteroatoms. The number of methoxy groups -OCH3 is 1. The molecule has 1 aromatic carbocycles. The van der Waals surface area contributed by atoms with Gasteiger partial charge in [-0.1, -0.05) is 13.3 Å². The highest BCUT2D eigenvalue weighted by Crippen LogP contribution is 2.22. The monoisotopic (exact) mass is 263 g/mol. The van der Waals surface area contributed by atoms with Crippen molar-refractivity contribution in [2.75, 3.05) is 26.1 Å². The fraction of sp³-hybridized carbons (Fsp3) is 0.500. The summed E-state index contributed by atoms with van der Waals surface area (Å²) in [6.45, 7) is 4.33. The first-order valence-electron chi connectivity index (χ1n) is 6.63. The zero-order valence-corrected chi connectivity index (χ0v) is 11.6. The molecule has 2 rings (SSSR count). The van der Waals surface area contributed by atoms with E-state index < -0.39 is 0 Å². The number of benzene rings is 1. The molecule has 19 heavy (non-hydrogen) atoms. The van der Waals surface area contributed by atoms with Gasteiger partial charge in [0.05, 0.1) is 24.8 Å². The van der Waals surface area contributed by atoms with E-state index in [2.05, 4.69) is 11.9 Å². The second-order valence-corrected chi connectivity index (χ2v) is 4.44. The molecule has 2 aromatic rings. The van der Waals surface area contributed by atoms with Crippen molar-refractivity contribution in [3.05, 3.63) is 18.2 Å². The van der Waals surface area contributed by atoms with Gasteiger partial charge < -0.3 is 19.8 Å². The van der Waals surface area contributed by atoms with Crippen LogP contribution in [0, 0.1) is 0 Å². The van der Waals surface area contributed by atoms with Crippen LogP contribution in [-0.2, 0) is 11.3 Å². The first-order chi connectivity index (χ1) is 9.26. The summed E-state index contributed by atoms with van der Waals surface area (Å²) >= 11 is 0. The zero-order chi connectivity index (χ0) is 13.7. The summed E-state index contributed by atoms with van der Waals surface area (Å²) in [5, 5.41) is 0. The second kappa shape index (κ2) is 6.43. The number of nitrogens with two attached hydrogens (primary N) is 1. The molecular formula is C14H21N3O2. The molecule has 1 heterocycles. The fourth-order valence-electron chi connectivity index (χ4n) is 1.99. The van der Waals surface area contributed by atoms with Crippen LogP contribution in [0.15, 0.2) is 18.2 Å². The SMILES string of the molecule is CCCCOCCn1c(N)nc2cc(OC)ccc21. The Hall–Kier alpha value is -1.75. The Bertz CT molecular complexity index is 537. The van der Waals surface area contributed by atoms with E-state index in [1.165, 1.54) is 0 Å². The van der Waals surface area contributed by atoms with Crippen LogP contribution in [0.3, 0.4) is 0 Å². The molecule has 0 saturated heterocycles. The van der Waals surface area contributed by atoms with Gasteiger partial charge in [-0.2, -0.15) is 0 Å². The van der Waals surface area contributed by atoms with Gasteiger partial charge in [-0.15, -0.1) is 0 Å². The van der Waals surface area contributed by atoms with Crippen molar-refractivity contribution in [3.8, 4) is 5.75 Å². The van der Waals surface area contributed by atoms with E-state index in [9.17, 15) is 0 Å². The normalized spacial score (nSPS) is 11.1. The van der Waals surface area contributed by atoms with Crippen LogP contribution in [-0.4, -0.2) is 29.9 Å². The highest BCUT2D eigenvalue weighted by atomic mass is 16.5. The van der Waals surface area contributed by atoms with E-state index in [4.69, 9.17) is 15.2 Å². The van der Waals surface area contributed by atoms with Crippen molar-refractivity contribution >= 4 is 17.0 Å². The molecule has 0 atom stereocenters. The number of anilines is 1. The third kappa shape index (κ3) is 3.17. The fourth-order valence-corrected chi connectivity index (χ4v) is 1.99. The van der Waals surface area contributed by atoms with E-state index in [1.807, 2.05) is 22.8 Å². The smallest absolute Gasteiger partial charge is 0.201 e. The maximum atomic E-state index is 5.94. The van der Waals surface area contributed by atoms with E-state index in [1.54, 1.807) is 7.11 Å². The standard InChI is InChI=1S/C14H21N3O2/c1-3-4-8-19-9-7-17-13-6-5-11(18-2)10-12(13)16-14(17)15/h5-6,10H,3-4,7-9H2,1-2H3,(H2,15,16). The number of unbranched alkanes of at least 4 members (excludes halogenated alkanes) is 1. The van der Waals surface area contributed by atoms with Gasteiger partial charge in [0.25, 0.3) is 0 Å². The third-order valence-electron chi connectivity index (χ3n) is 3.09. The molecule has 0 amide bonds. The lowest BCUT2D eigenvalue weighted by atomic mass is 10.3. The van der Waals surface area contributed by atoms with Gasteiger partial charge >= 0.3 is 0 Å². The van der Waals surface area contributed by atoms with Crippen LogP contribution in [0.4, 0.5) is 5.95 Å².